The first-order valence-corrected chi connectivity index (χ1v) is 5.39. The Kier molecular flexibility index (Phi) is 7.48. The number of esters is 1. The fraction of sp³-hybridized carbons (Fsp3) is 0.909. The summed E-state index contributed by atoms with van der Waals surface area (Å²) >= 11 is 0. The van der Waals surface area contributed by atoms with Crippen LogP contribution in [-0.2, 0) is 9.53 Å². The molecule has 0 heterocycles. The summed E-state index contributed by atoms with van der Waals surface area (Å²) in [5.41, 5.74) is 0. The normalized spacial score (nSPS) is 14.9. The zero-order valence-electron chi connectivity index (χ0n) is 9.45. The van der Waals surface area contributed by atoms with E-state index in [0.717, 1.165) is 12.8 Å². The molecule has 0 saturated carbocycles. The van der Waals surface area contributed by atoms with E-state index in [1.165, 1.54) is 20.0 Å². The lowest BCUT2D eigenvalue weighted by Crippen LogP contribution is -2.26. The minimum absolute atomic E-state index is 0.326. The van der Waals surface area contributed by atoms with E-state index in [1.807, 2.05) is 0 Å². The number of hydrogen-bond acceptors (Lipinski definition) is 3. The van der Waals surface area contributed by atoms with Crippen molar-refractivity contribution in [2.45, 2.75) is 52.1 Å². The molecule has 0 fully saturated rings. The number of carbonyl (C=O) groups excluding carboxylic acids is 1. The Hall–Kier alpha value is -0.570. The van der Waals surface area contributed by atoms with Gasteiger partial charge in [0.15, 0.2) is 0 Å². The van der Waals surface area contributed by atoms with Crippen molar-refractivity contribution in [2.24, 2.45) is 5.92 Å². The zero-order chi connectivity index (χ0) is 11.0. The third-order valence-corrected chi connectivity index (χ3v) is 2.50. The lowest BCUT2D eigenvalue weighted by Gasteiger charge is -2.16. The van der Waals surface area contributed by atoms with Crippen LogP contribution in [0.3, 0.4) is 0 Å². The average Bonchev–Trinajstić information content (AvgIpc) is 2.21. The Balaban J connectivity index is 3.61. The summed E-state index contributed by atoms with van der Waals surface area (Å²) in [6.45, 7) is 3.85. The van der Waals surface area contributed by atoms with Crippen LogP contribution in [0, 0.1) is 5.92 Å². The van der Waals surface area contributed by atoms with Crippen molar-refractivity contribution in [3.63, 3.8) is 0 Å². The predicted octanol–water partition coefficient (Wildman–Crippen LogP) is 2.13. The lowest BCUT2D eigenvalue weighted by atomic mass is 9.99. The van der Waals surface area contributed by atoms with Crippen LogP contribution in [0.25, 0.3) is 0 Å². The van der Waals surface area contributed by atoms with Gasteiger partial charge >= 0.3 is 5.97 Å². The Morgan fingerprint density at radius 1 is 1.36 bits per heavy atom. The minimum atomic E-state index is -0.556. The zero-order valence-corrected chi connectivity index (χ0v) is 9.45. The molecule has 0 rings (SSSR count). The van der Waals surface area contributed by atoms with E-state index in [9.17, 15) is 9.90 Å². The van der Waals surface area contributed by atoms with Gasteiger partial charge in [-0.3, -0.25) is 4.79 Å². The van der Waals surface area contributed by atoms with Gasteiger partial charge in [-0.25, -0.2) is 0 Å². The van der Waals surface area contributed by atoms with E-state index >= 15 is 0 Å². The van der Waals surface area contributed by atoms with Crippen molar-refractivity contribution in [1.29, 1.82) is 0 Å². The van der Waals surface area contributed by atoms with Crippen molar-refractivity contribution < 1.29 is 14.6 Å². The van der Waals surface area contributed by atoms with Crippen LogP contribution in [-0.4, -0.2) is 24.3 Å². The van der Waals surface area contributed by atoms with E-state index < -0.39 is 12.0 Å². The van der Waals surface area contributed by atoms with E-state index in [4.69, 9.17) is 0 Å². The Bertz CT molecular complexity index is 157. The van der Waals surface area contributed by atoms with Gasteiger partial charge in [0.05, 0.1) is 19.1 Å². The number of methoxy groups -OCH3 is 1. The fourth-order valence-electron chi connectivity index (χ4n) is 1.37. The van der Waals surface area contributed by atoms with Crippen LogP contribution in [0.4, 0.5) is 0 Å². The van der Waals surface area contributed by atoms with Gasteiger partial charge in [-0.05, 0) is 13.3 Å². The highest BCUT2D eigenvalue weighted by Gasteiger charge is 2.21. The third-order valence-electron chi connectivity index (χ3n) is 2.50. The van der Waals surface area contributed by atoms with Crippen LogP contribution in [0.15, 0.2) is 0 Å². The molecule has 0 bridgehead atoms. The average molecular weight is 202 g/mol. The van der Waals surface area contributed by atoms with E-state index in [0.29, 0.717) is 6.42 Å². The Morgan fingerprint density at radius 3 is 2.50 bits per heavy atom. The monoisotopic (exact) mass is 202 g/mol. The number of unbranched alkanes of at least 4 members (excludes halogenated alkanes) is 3. The maximum absolute atomic E-state index is 11.1. The van der Waals surface area contributed by atoms with Crippen LogP contribution in [0.1, 0.15) is 46.0 Å². The van der Waals surface area contributed by atoms with Gasteiger partial charge < -0.3 is 9.84 Å². The smallest absolute Gasteiger partial charge is 0.311 e. The summed E-state index contributed by atoms with van der Waals surface area (Å²) in [6.07, 6.45) is 4.62. The molecule has 84 valence electrons. The van der Waals surface area contributed by atoms with Crippen molar-refractivity contribution in [1.82, 2.24) is 0 Å². The molecule has 14 heavy (non-hydrogen) atoms. The largest absolute Gasteiger partial charge is 0.469 e. The highest BCUT2D eigenvalue weighted by atomic mass is 16.5. The van der Waals surface area contributed by atoms with E-state index in [1.54, 1.807) is 6.92 Å². The summed E-state index contributed by atoms with van der Waals surface area (Å²) in [6, 6.07) is 0. The molecule has 3 nitrogen and oxygen atoms in total. The molecule has 0 unspecified atom stereocenters. The molecular formula is C11H22O3. The molecule has 0 aliphatic carbocycles. The van der Waals surface area contributed by atoms with Crippen molar-refractivity contribution in [2.75, 3.05) is 7.11 Å². The maximum atomic E-state index is 11.1. The van der Waals surface area contributed by atoms with E-state index in [-0.39, 0.29) is 5.97 Å². The first-order valence-electron chi connectivity index (χ1n) is 5.39. The van der Waals surface area contributed by atoms with Crippen molar-refractivity contribution in [3.8, 4) is 0 Å². The number of hydrogen-bond donors (Lipinski definition) is 1. The SMILES string of the molecule is CCCCCC[C@@H](O)[C@@H](C)C(=O)OC. The Morgan fingerprint density at radius 2 is 2.00 bits per heavy atom. The standard InChI is InChI=1S/C11H22O3/c1-4-5-6-7-8-10(12)9(2)11(13)14-3/h9-10,12H,4-8H2,1-3H3/t9-,10-/m1/s1. The molecule has 0 aliphatic rings. The number of carbonyl (C=O) groups is 1. The molecule has 0 radical (unpaired) electrons. The topological polar surface area (TPSA) is 46.5 Å². The molecule has 0 spiro atoms. The van der Waals surface area contributed by atoms with Gasteiger partial charge in [0.2, 0.25) is 0 Å². The highest BCUT2D eigenvalue weighted by Crippen LogP contribution is 2.13. The lowest BCUT2D eigenvalue weighted by molar-refractivity contribution is -0.148. The molecule has 3 heteroatoms. The highest BCUT2D eigenvalue weighted by molar-refractivity contribution is 5.72. The molecule has 0 saturated heterocycles. The van der Waals surface area contributed by atoms with Gasteiger partial charge in [0, 0.05) is 0 Å². The van der Waals surface area contributed by atoms with Crippen LogP contribution in [0.5, 0.6) is 0 Å². The van der Waals surface area contributed by atoms with Gasteiger partial charge in [0.1, 0.15) is 0 Å². The first-order chi connectivity index (χ1) is 6.63. The number of aliphatic hydroxyl groups excluding tert-OH is 1. The van der Waals surface area contributed by atoms with Gasteiger partial charge in [-0.2, -0.15) is 0 Å². The first kappa shape index (κ1) is 13.4. The summed E-state index contributed by atoms with van der Waals surface area (Å²) in [7, 11) is 1.35. The van der Waals surface area contributed by atoms with E-state index in [2.05, 4.69) is 11.7 Å². The summed E-state index contributed by atoms with van der Waals surface area (Å²) in [5.74, 6) is -0.727. The van der Waals surface area contributed by atoms with Crippen LogP contribution < -0.4 is 0 Å². The van der Waals surface area contributed by atoms with Crippen LogP contribution in [0.2, 0.25) is 0 Å². The fourth-order valence-corrected chi connectivity index (χ4v) is 1.37. The minimum Gasteiger partial charge on any atom is -0.469 e. The molecule has 0 aromatic carbocycles. The Labute approximate surface area is 86.5 Å². The quantitative estimate of drug-likeness (QED) is 0.508. The molecule has 0 aliphatic heterocycles. The molecular weight excluding hydrogens is 180 g/mol. The molecule has 0 aromatic rings. The number of aliphatic hydroxyl groups is 1. The summed E-state index contributed by atoms with van der Waals surface area (Å²) in [4.78, 5) is 11.1. The number of rotatable bonds is 7. The summed E-state index contributed by atoms with van der Waals surface area (Å²) in [5, 5.41) is 9.62. The van der Waals surface area contributed by atoms with Crippen molar-refractivity contribution in [3.05, 3.63) is 0 Å². The second-order valence-corrected chi connectivity index (χ2v) is 3.73. The predicted molar refractivity (Wildman–Crippen MR) is 55.9 cm³/mol. The molecule has 0 aromatic heterocycles. The number of ether oxygens (including phenoxy) is 1. The van der Waals surface area contributed by atoms with Gasteiger partial charge in [-0.15, -0.1) is 0 Å². The molecule has 1 N–H and O–H groups in total. The van der Waals surface area contributed by atoms with Gasteiger partial charge in [0.25, 0.3) is 0 Å². The second kappa shape index (κ2) is 7.80. The van der Waals surface area contributed by atoms with Crippen molar-refractivity contribution >= 4 is 5.97 Å². The van der Waals surface area contributed by atoms with Gasteiger partial charge in [-0.1, -0.05) is 32.6 Å². The second-order valence-electron chi connectivity index (χ2n) is 3.73. The maximum Gasteiger partial charge on any atom is 0.311 e. The summed E-state index contributed by atoms with van der Waals surface area (Å²) < 4.78 is 4.56. The van der Waals surface area contributed by atoms with Crippen LogP contribution >= 0.6 is 0 Å². The third kappa shape index (κ3) is 5.22. The molecule has 0 amide bonds. The molecule has 2 atom stereocenters.